The summed E-state index contributed by atoms with van der Waals surface area (Å²) in [5.41, 5.74) is 3.60. The van der Waals surface area contributed by atoms with E-state index in [0.717, 1.165) is 26.4 Å². The topological polar surface area (TPSA) is 144 Å². The molecule has 204 valence electrons. The number of methoxy groups -OCH3 is 1. The number of carbonyl (C=O) groups is 1. The number of amides is 1. The van der Waals surface area contributed by atoms with Crippen molar-refractivity contribution in [2.45, 2.75) is 31.2 Å². The van der Waals surface area contributed by atoms with Crippen molar-refractivity contribution < 1.29 is 18.3 Å². The number of ether oxygens (including phenoxy) is 1. The second-order valence-corrected chi connectivity index (χ2v) is 12.4. The highest BCUT2D eigenvalue weighted by molar-refractivity contribution is 7.99. The molecule has 3 N–H and O–H groups in total. The summed E-state index contributed by atoms with van der Waals surface area (Å²) in [6, 6.07) is 9.73. The summed E-state index contributed by atoms with van der Waals surface area (Å²) < 4.78 is 35.2. The first-order valence-corrected chi connectivity index (χ1v) is 14.9. The van der Waals surface area contributed by atoms with E-state index in [2.05, 4.69) is 20.1 Å². The normalized spacial score (nSPS) is 17.2. The number of rotatable bonds is 2. The first-order chi connectivity index (χ1) is 19.2. The van der Waals surface area contributed by atoms with Crippen molar-refractivity contribution in [1.29, 1.82) is 0 Å². The van der Waals surface area contributed by atoms with Crippen molar-refractivity contribution in [3.05, 3.63) is 66.4 Å². The number of carbonyl (C=O) groups excluding carboxylic acids is 1. The fourth-order valence-corrected chi connectivity index (χ4v) is 6.58. The molecule has 1 aliphatic rings. The molecule has 13 heteroatoms. The molecule has 1 amide bonds. The lowest BCUT2D eigenvalue weighted by Crippen LogP contribution is -2.28. The Kier molecular flexibility index (Phi) is 6.56. The summed E-state index contributed by atoms with van der Waals surface area (Å²) in [5, 5.41) is 7.34. The van der Waals surface area contributed by atoms with Crippen molar-refractivity contribution in [2.75, 3.05) is 18.4 Å². The first-order valence-electron chi connectivity index (χ1n) is 12.5. The third-order valence-electron chi connectivity index (χ3n) is 6.43. The van der Waals surface area contributed by atoms with Gasteiger partial charge in [0, 0.05) is 52.5 Å². The third-order valence-corrected chi connectivity index (χ3v) is 9.00. The maximum atomic E-state index is 13.5. The standard InChI is InChI=1S/C27H25N7O4S2/c1-15(2)25-31-20-11-22-17-10-21(27(38-3)29-12-17)33-40(36,37)19-6-4-5-16(9-19)26(35)28-7-8-34-14-18(13-30-34)23(32-25)24(20)39-22/h4-6,9-15H,7-8H2,1-3H3,(H2-,28,33,35,36,37)/p+1. The van der Waals surface area contributed by atoms with Gasteiger partial charge in [0.05, 0.1) is 35.8 Å². The van der Waals surface area contributed by atoms with Crippen LogP contribution in [-0.4, -0.2) is 48.8 Å². The predicted molar refractivity (Wildman–Crippen MR) is 154 cm³/mol. The minimum absolute atomic E-state index is 0.0465. The van der Waals surface area contributed by atoms with Crippen molar-refractivity contribution in [3.8, 4) is 27.6 Å². The van der Waals surface area contributed by atoms with Gasteiger partial charge in [-0.05, 0) is 28.5 Å². The molecule has 0 saturated heterocycles. The number of nitrogens with one attached hydrogen (secondary N) is 2. The number of anilines is 1. The molecule has 40 heavy (non-hydrogen) atoms. The molecule has 0 aliphatic carbocycles. The van der Waals surface area contributed by atoms with Crippen LogP contribution in [0.4, 0.5) is 5.69 Å². The van der Waals surface area contributed by atoms with E-state index in [-0.39, 0.29) is 33.9 Å². The molecule has 0 spiro atoms. The molecule has 1 aromatic carbocycles. The van der Waals surface area contributed by atoms with Gasteiger partial charge in [-0.1, -0.05) is 19.9 Å². The molecule has 0 saturated carbocycles. The van der Waals surface area contributed by atoms with E-state index in [1.54, 1.807) is 35.3 Å². The van der Waals surface area contributed by atoms with Gasteiger partial charge < -0.3 is 10.1 Å². The smallest absolute Gasteiger partial charge is 0.346 e. The highest BCUT2D eigenvalue weighted by atomic mass is 32.3. The largest absolute Gasteiger partial charge is 0.479 e. The Hall–Kier alpha value is -4.20. The van der Waals surface area contributed by atoms with Gasteiger partial charge in [-0.25, -0.2) is 15.0 Å². The molecule has 1 aliphatic heterocycles. The van der Waals surface area contributed by atoms with E-state index in [1.165, 1.54) is 30.6 Å². The molecule has 0 radical (unpaired) electrons. The number of benzene rings is 1. The fourth-order valence-electron chi connectivity index (χ4n) is 4.38. The maximum absolute atomic E-state index is 13.5. The van der Waals surface area contributed by atoms with Crippen molar-refractivity contribution in [1.82, 2.24) is 30.0 Å². The second-order valence-electron chi connectivity index (χ2n) is 9.59. The second kappa shape index (κ2) is 10.1. The van der Waals surface area contributed by atoms with Crippen LogP contribution in [0.15, 0.2) is 59.9 Å². The van der Waals surface area contributed by atoms with Gasteiger partial charge in [-0.2, -0.15) is 14.4 Å². The third kappa shape index (κ3) is 4.83. The van der Waals surface area contributed by atoms with E-state index in [4.69, 9.17) is 14.7 Å². The summed E-state index contributed by atoms with van der Waals surface area (Å²) >= 11 is 1.50. The Bertz CT molecular complexity index is 1810. The Labute approximate surface area is 235 Å². The van der Waals surface area contributed by atoms with Gasteiger partial charge in [0.1, 0.15) is 11.5 Å². The molecule has 4 aromatic heterocycles. The van der Waals surface area contributed by atoms with Gasteiger partial charge in [-0.15, -0.1) is 11.3 Å². The number of fused-ring (bicyclic) bond motifs is 9. The average Bonchev–Trinajstić information content (AvgIpc) is 3.59. The quantitative estimate of drug-likeness (QED) is 0.253. The highest BCUT2D eigenvalue weighted by Crippen LogP contribution is 2.40. The number of nitrogens with zero attached hydrogens (tertiary/aromatic N) is 5. The van der Waals surface area contributed by atoms with Gasteiger partial charge in [0.25, 0.3) is 5.91 Å². The molecule has 6 rings (SSSR count). The first kappa shape index (κ1) is 26.0. The zero-order valence-corrected chi connectivity index (χ0v) is 23.5. The molecule has 1 unspecified atom stereocenters. The van der Waals surface area contributed by atoms with Gasteiger partial charge in [0.2, 0.25) is 10.8 Å². The summed E-state index contributed by atoms with van der Waals surface area (Å²) in [7, 11) is -2.39. The predicted octanol–water partition coefficient (Wildman–Crippen LogP) is 4.85. The zero-order chi connectivity index (χ0) is 28.0. The van der Waals surface area contributed by atoms with Crippen LogP contribution < -0.4 is 14.8 Å². The summed E-state index contributed by atoms with van der Waals surface area (Å²) in [4.78, 5) is 27.8. The Morgan fingerprint density at radius 2 is 1.98 bits per heavy atom. The SMILES string of the molecule is COc1ncc2cc1N[S+](=O)(O)c1cccc(c1)C(=O)NCCn1cc(cn1)-c1nc(C(C)C)nc3cc-2sc13. The summed E-state index contributed by atoms with van der Waals surface area (Å²) in [6.07, 6.45) is 5.32. The summed E-state index contributed by atoms with van der Waals surface area (Å²) in [5.74, 6) is 0.607. The number of hydrogen-bond acceptors (Lipinski definition) is 8. The van der Waals surface area contributed by atoms with Crippen molar-refractivity contribution >= 4 is 43.5 Å². The molecule has 11 nitrogen and oxygen atoms in total. The number of hydrogen-bond donors (Lipinski definition) is 3. The van der Waals surface area contributed by atoms with Crippen LogP contribution in [0.3, 0.4) is 0 Å². The summed E-state index contributed by atoms with van der Waals surface area (Å²) in [6.45, 7) is 4.83. The average molecular weight is 577 g/mol. The van der Waals surface area contributed by atoms with Crippen LogP contribution in [0.5, 0.6) is 5.88 Å². The Morgan fingerprint density at radius 1 is 1.12 bits per heavy atom. The van der Waals surface area contributed by atoms with Gasteiger partial charge in [0.15, 0.2) is 0 Å². The van der Waals surface area contributed by atoms with Crippen molar-refractivity contribution in [2.24, 2.45) is 0 Å². The lowest BCUT2D eigenvalue weighted by atomic mass is 10.1. The van der Waals surface area contributed by atoms with E-state index in [1.807, 2.05) is 26.1 Å². The lowest BCUT2D eigenvalue weighted by Gasteiger charge is -2.12. The monoisotopic (exact) mass is 576 g/mol. The van der Waals surface area contributed by atoms with Crippen LogP contribution >= 0.6 is 11.3 Å². The van der Waals surface area contributed by atoms with E-state index in [0.29, 0.717) is 24.5 Å². The van der Waals surface area contributed by atoms with E-state index in [9.17, 15) is 13.6 Å². The molecule has 5 aromatic rings. The number of thiophene rings is 1. The van der Waals surface area contributed by atoms with Crippen molar-refractivity contribution in [3.63, 3.8) is 0 Å². The van der Waals surface area contributed by atoms with Gasteiger partial charge >= 0.3 is 10.4 Å². The van der Waals surface area contributed by atoms with E-state index < -0.39 is 10.4 Å². The van der Waals surface area contributed by atoms with Crippen LogP contribution in [0, 0.1) is 0 Å². The van der Waals surface area contributed by atoms with E-state index >= 15 is 0 Å². The van der Waals surface area contributed by atoms with Crippen LogP contribution in [0.25, 0.3) is 31.9 Å². The highest BCUT2D eigenvalue weighted by Gasteiger charge is 2.32. The maximum Gasteiger partial charge on any atom is 0.346 e. The van der Waals surface area contributed by atoms with Crippen LogP contribution in [0.2, 0.25) is 0 Å². The Morgan fingerprint density at radius 3 is 2.77 bits per heavy atom. The molecule has 8 bridgehead atoms. The molecule has 1 atom stereocenters. The van der Waals surface area contributed by atoms with Gasteiger partial charge in [-0.3, -0.25) is 9.48 Å². The van der Waals surface area contributed by atoms with Crippen LogP contribution in [0.1, 0.15) is 35.9 Å². The lowest BCUT2D eigenvalue weighted by molar-refractivity contribution is 0.0951. The fraction of sp³-hybridized carbons (Fsp3) is 0.222. The molecule has 0 fully saturated rings. The minimum Gasteiger partial charge on any atom is -0.479 e. The van der Waals surface area contributed by atoms with Crippen LogP contribution in [-0.2, 0) is 21.2 Å². The minimum atomic E-state index is -3.82. The molecular weight excluding hydrogens is 550 g/mol. The number of pyridine rings is 1. The molecule has 5 heterocycles. The molecular formula is C27H26N7O4S2+. The zero-order valence-electron chi connectivity index (χ0n) is 21.9. The number of aromatic nitrogens is 5. The Balaban J connectivity index is 1.55.